The van der Waals surface area contributed by atoms with Gasteiger partial charge in [0.1, 0.15) is 30.2 Å². The molecule has 300 valence electrons. The van der Waals surface area contributed by atoms with Crippen LogP contribution in [0.25, 0.3) is 0 Å². The van der Waals surface area contributed by atoms with Crippen molar-refractivity contribution in [3.05, 3.63) is 114 Å². The molecule has 1 aromatic heterocycles. The third kappa shape index (κ3) is 14.3. The van der Waals surface area contributed by atoms with E-state index in [2.05, 4.69) is 41.2 Å². The van der Waals surface area contributed by atoms with E-state index in [4.69, 9.17) is 22.9 Å². The van der Waals surface area contributed by atoms with E-state index in [-0.39, 0.29) is 37.6 Å². The van der Waals surface area contributed by atoms with Crippen molar-refractivity contribution in [3.8, 4) is 0 Å². The number of aromatic amines is 1. The monoisotopic (exact) mass is 778 g/mol. The fourth-order valence-corrected chi connectivity index (χ4v) is 5.91. The summed E-state index contributed by atoms with van der Waals surface area (Å²) in [4.78, 5) is 82.7. The molecule has 4 atom stereocenters. The van der Waals surface area contributed by atoms with Crippen molar-refractivity contribution in [3.63, 3.8) is 0 Å². The molecule has 4 aromatic rings. The highest BCUT2D eigenvalue weighted by Gasteiger charge is 2.31. The second-order valence-corrected chi connectivity index (χ2v) is 13.3. The van der Waals surface area contributed by atoms with Crippen LogP contribution < -0.4 is 44.2 Å². The number of rotatable bonds is 21. The van der Waals surface area contributed by atoms with E-state index >= 15 is 0 Å². The summed E-state index contributed by atoms with van der Waals surface area (Å²) in [5, 5.41) is 11.2. The first-order chi connectivity index (χ1) is 27.4. The van der Waals surface area contributed by atoms with Crippen LogP contribution in [0.15, 0.2) is 101 Å². The molecule has 0 radical (unpaired) electrons. The summed E-state index contributed by atoms with van der Waals surface area (Å²) in [6, 6.07) is 17.7. The van der Waals surface area contributed by atoms with Gasteiger partial charge < -0.3 is 54.0 Å². The van der Waals surface area contributed by atoms with Crippen LogP contribution in [0, 0.1) is 0 Å². The molecule has 0 saturated carbocycles. The van der Waals surface area contributed by atoms with Crippen molar-refractivity contribution >= 4 is 53.2 Å². The number of aliphatic imine (C=N–C) groups is 2. The summed E-state index contributed by atoms with van der Waals surface area (Å²) >= 11 is 0. The number of nitrogens with two attached hydrogens (primary N) is 4. The number of aryl methyl sites for hydroxylation is 1. The lowest BCUT2D eigenvalue weighted by atomic mass is 10.0. The van der Waals surface area contributed by atoms with Gasteiger partial charge in [-0.25, -0.2) is 15.0 Å². The van der Waals surface area contributed by atoms with Crippen molar-refractivity contribution in [1.82, 2.24) is 31.2 Å². The minimum Gasteiger partial charge on any atom is -0.370 e. The molecule has 0 fully saturated rings. The largest absolute Gasteiger partial charge is 0.370 e. The third-order valence-electron chi connectivity index (χ3n) is 8.75. The second-order valence-electron chi connectivity index (χ2n) is 13.3. The van der Waals surface area contributed by atoms with E-state index < -0.39 is 47.8 Å². The maximum atomic E-state index is 14.2. The lowest BCUT2D eigenvalue weighted by molar-refractivity contribution is -0.133. The molecule has 17 nitrogen and oxygen atoms in total. The van der Waals surface area contributed by atoms with Gasteiger partial charge in [-0.15, -0.1) is 0 Å². The Bertz CT molecular complexity index is 1990. The molecule has 17 heteroatoms. The molecule has 0 saturated heterocycles. The zero-order valence-corrected chi connectivity index (χ0v) is 31.7. The number of guanidine groups is 2. The van der Waals surface area contributed by atoms with Gasteiger partial charge in [0.05, 0.1) is 17.4 Å². The molecule has 0 aliphatic rings. The average molecular weight is 779 g/mol. The number of unbranched alkanes of at least 4 members (excludes halogenated alkanes) is 1. The zero-order valence-electron chi connectivity index (χ0n) is 31.7. The Labute approximate surface area is 330 Å². The van der Waals surface area contributed by atoms with Crippen LogP contribution in [-0.4, -0.2) is 76.0 Å². The molecule has 57 heavy (non-hydrogen) atoms. The highest BCUT2D eigenvalue weighted by molar-refractivity contribution is 5.99. The Kier molecular flexibility index (Phi) is 16.3. The highest BCUT2D eigenvalue weighted by atomic mass is 16.2. The van der Waals surface area contributed by atoms with Gasteiger partial charge in [0.2, 0.25) is 17.7 Å². The van der Waals surface area contributed by atoms with Gasteiger partial charge in [-0.05, 0) is 66.8 Å². The number of hydrogen-bond donors (Lipinski definition) is 9. The maximum absolute atomic E-state index is 14.2. The van der Waals surface area contributed by atoms with Crippen molar-refractivity contribution in [1.29, 1.82) is 0 Å². The van der Waals surface area contributed by atoms with E-state index in [1.807, 2.05) is 6.92 Å². The van der Waals surface area contributed by atoms with Crippen LogP contribution in [0.5, 0.6) is 0 Å². The van der Waals surface area contributed by atoms with Gasteiger partial charge >= 0.3 is 0 Å². The van der Waals surface area contributed by atoms with Crippen LogP contribution in [0.2, 0.25) is 0 Å². The van der Waals surface area contributed by atoms with Crippen molar-refractivity contribution in [2.24, 2.45) is 32.9 Å². The van der Waals surface area contributed by atoms with E-state index in [1.54, 1.807) is 91.3 Å². The van der Waals surface area contributed by atoms with Crippen LogP contribution in [0.4, 0.5) is 11.4 Å². The summed E-state index contributed by atoms with van der Waals surface area (Å²) in [6.07, 6.45) is 6.01. The zero-order chi connectivity index (χ0) is 41.2. The summed E-state index contributed by atoms with van der Waals surface area (Å²) in [5.41, 5.74) is 24.7. The number of nitrogens with one attached hydrogen (secondary N) is 5. The van der Waals surface area contributed by atoms with Gasteiger partial charge in [0.25, 0.3) is 5.91 Å². The van der Waals surface area contributed by atoms with Crippen molar-refractivity contribution in [2.75, 3.05) is 0 Å². The Balaban J connectivity index is 1.59. The Morgan fingerprint density at radius 2 is 1.37 bits per heavy atom. The predicted octanol–water partition coefficient (Wildman–Crippen LogP) is 1.28. The number of carbonyl (C=O) groups excluding carboxylic acids is 5. The number of imidazole rings is 1. The SMILES string of the molecule is CCCC[C@H](NC(=O)c1ccccc1)C(=O)N[C@@H](CCc1ncc[nH]1)C(=O)N[C@@H](Cc1cccc(N=C(N)N)c1)C(=O)N[C@H](C=O)Cc1ccc(N=C(N)N)cc1. The lowest BCUT2D eigenvalue weighted by Crippen LogP contribution is -2.58. The van der Waals surface area contributed by atoms with Crippen molar-refractivity contribution in [2.45, 2.75) is 76.0 Å². The number of nitrogens with zero attached hydrogens (tertiary/aromatic N) is 3. The summed E-state index contributed by atoms with van der Waals surface area (Å²) in [7, 11) is 0. The number of amides is 4. The third-order valence-corrected chi connectivity index (χ3v) is 8.75. The van der Waals surface area contributed by atoms with E-state index in [1.165, 1.54) is 0 Å². The van der Waals surface area contributed by atoms with Crippen molar-refractivity contribution < 1.29 is 24.0 Å². The minimum absolute atomic E-state index is 0.0324. The Morgan fingerprint density at radius 1 is 0.719 bits per heavy atom. The van der Waals surface area contributed by atoms with Crippen LogP contribution in [0.1, 0.15) is 59.9 Å². The van der Waals surface area contributed by atoms with Crippen LogP contribution in [-0.2, 0) is 38.4 Å². The van der Waals surface area contributed by atoms with E-state index in [9.17, 15) is 24.0 Å². The lowest BCUT2D eigenvalue weighted by Gasteiger charge is -2.26. The van der Waals surface area contributed by atoms with Gasteiger partial charge in [-0.3, -0.25) is 19.2 Å². The number of H-pyrrole nitrogens is 1. The van der Waals surface area contributed by atoms with Gasteiger partial charge in [0.15, 0.2) is 11.9 Å². The smallest absolute Gasteiger partial charge is 0.251 e. The van der Waals surface area contributed by atoms with Gasteiger partial charge in [0, 0.05) is 30.8 Å². The number of aldehydes is 1. The van der Waals surface area contributed by atoms with Crippen LogP contribution >= 0.6 is 0 Å². The molecular weight excluding hydrogens is 729 g/mol. The predicted molar refractivity (Wildman–Crippen MR) is 217 cm³/mol. The molecule has 0 unspecified atom stereocenters. The maximum Gasteiger partial charge on any atom is 0.251 e. The number of hydrogen-bond acceptors (Lipinski definition) is 8. The van der Waals surface area contributed by atoms with E-state index in [0.29, 0.717) is 53.0 Å². The summed E-state index contributed by atoms with van der Waals surface area (Å²) in [5.74, 6) is -2.02. The summed E-state index contributed by atoms with van der Waals surface area (Å²) in [6.45, 7) is 1.96. The number of benzene rings is 3. The second kappa shape index (κ2) is 21.7. The first-order valence-corrected chi connectivity index (χ1v) is 18.5. The number of aromatic nitrogens is 2. The fraction of sp³-hybridized carbons (Fsp3) is 0.300. The Hall–Kier alpha value is -7.04. The average Bonchev–Trinajstić information content (AvgIpc) is 3.72. The molecule has 4 rings (SSSR count). The fourth-order valence-electron chi connectivity index (χ4n) is 5.91. The quantitative estimate of drug-likeness (QED) is 0.0332. The topological polar surface area (TPSA) is 291 Å². The molecular formula is C40H50N12O5. The van der Waals surface area contributed by atoms with Gasteiger partial charge in [-0.2, -0.15) is 0 Å². The molecule has 1 heterocycles. The minimum atomic E-state index is -1.23. The highest BCUT2D eigenvalue weighted by Crippen LogP contribution is 2.17. The van der Waals surface area contributed by atoms with Crippen LogP contribution in [0.3, 0.4) is 0 Å². The Morgan fingerprint density at radius 3 is 2.00 bits per heavy atom. The first-order valence-electron chi connectivity index (χ1n) is 18.5. The first kappa shape index (κ1) is 42.7. The standard InChI is InChI=1S/C40H50N12O5/c1-2-3-12-31(50-35(54)27-9-5-4-6-10-27)36(55)51-32(17-18-34-45-19-20-46-34)37(56)52-33(23-26-8-7-11-29(22-26)49-40(43)44)38(57)47-30(24-53)21-25-13-15-28(16-14-25)48-39(41)42/h4-11,13-16,19-20,22,24,30-33H,2-3,12,17-18,21,23H2,1H3,(H,45,46)(H,47,57)(H,50,54)(H,51,55)(H,52,56)(H4,41,42,48)(H4,43,44,49)/t30-,31-,32-,33-/m0/s1. The molecule has 0 bridgehead atoms. The molecule has 4 amide bonds. The normalized spacial score (nSPS) is 12.8. The summed E-state index contributed by atoms with van der Waals surface area (Å²) < 4.78 is 0. The molecule has 0 aliphatic carbocycles. The van der Waals surface area contributed by atoms with E-state index in [0.717, 1.165) is 6.42 Å². The molecule has 13 N–H and O–H groups in total. The number of carbonyl (C=O) groups is 5. The molecule has 0 aliphatic heterocycles. The van der Waals surface area contributed by atoms with Gasteiger partial charge in [-0.1, -0.05) is 62.2 Å². The molecule has 3 aromatic carbocycles. The molecule has 0 spiro atoms.